The highest BCUT2D eigenvalue weighted by Crippen LogP contribution is 2.38. The number of carboxylic acid groups (broad SMARTS) is 1. The number of hydrogen-bond donors (Lipinski definition) is 1. The van der Waals surface area contributed by atoms with E-state index in [-0.39, 0.29) is 0 Å². The molecule has 1 aliphatic rings. The maximum absolute atomic E-state index is 12.5. The van der Waals surface area contributed by atoms with E-state index in [9.17, 15) is 29.8 Å². The average molecular weight is 479 g/mol. The molecule has 1 fully saturated rings. The molecular formula is C20H19ClN4O8. The van der Waals surface area contributed by atoms with Crippen LogP contribution in [0.2, 0.25) is 5.02 Å². The van der Waals surface area contributed by atoms with Crippen LogP contribution in [0.25, 0.3) is 0 Å². The van der Waals surface area contributed by atoms with Crippen molar-refractivity contribution >= 4 is 34.9 Å². The Balaban J connectivity index is 1.64. The summed E-state index contributed by atoms with van der Waals surface area (Å²) in [5.74, 6) is -2.82. The van der Waals surface area contributed by atoms with Crippen molar-refractivity contribution < 1.29 is 29.3 Å². The van der Waals surface area contributed by atoms with Crippen molar-refractivity contribution in [3.63, 3.8) is 0 Å². The molecule has 2 aromatic rings. The van der Waals surface area contributed by atoms with Crippen LogP contribution in [0.1, 0.15) is 15.9 Å². The van der Waals surface area contributed by atoms with Gasteiger partial charge in [0.25, 0.3) is 11.7 Å². The Hall–Kier alpha value is -3.77. The quantitative estimate of drug-likeness (QED) is 0.444. The number of ether oxygens (including phenoxy) is 1. The number of rotatable bonds is 8. The summed E-state index contributed by atoms with van der Waals surface area (Å²) in [5, 5.41) is 32.3. The third kappa shape index (κ3) is 5.93. The minimum atomic E-state index is -1.57. The number of carbonyl (C=O) groups excluding carboxylic acids is 1. The second-order valence-electron chi connectivity index (χ2n) is 7.24. The van der Waals surface area contributed by atoms with Gasteiger partial charge in [0.05, 0.1) is 15.4 Å². The highest BCUT2D eigenvalue weighted by atomic mass is 35.5. The minimum absolute atomic E-state index is 0.387. The largest absolute Gasteiger partial charge is 0.478 e. The number of nitrogens with zero attached hydrogens (tertiary/aromatic N) is 4. The van der Waals surface area contributed by atoms with Gasteiger partial charge in [0, 0.05) is 49.9 Å². The number of amides is 1. The summed E-state index contributed by atoms with van der Waals surface area (Å²) in [7, 11) is 0. The molecule has 1 saturated heterocycles. The summed E-state index contributed by atoms with van der Waals surface area (Å²) in [6, 6.07) is 8.76. The molecule has 0 unspecified atom stereocenters. The second-order valence-corrected chi connectivity index (χ2v) is 7.67. The second kappa shape index (κ2) is 10.2. The summed E-state index contributed by atoms with van der Waals surface area (Å²) < 4.78 is 5.18. The minimum Gasteiger partial charge on any atom is -0.478 e. The van der Waals surface area contributed by atoms with Crippen molar-refractivity contribution in [3.8, 4) is 5.75 Å². The van der Waals surface area contributed by atoms with Crippen molar-refractivity contribution in [3.05, 3.63) is 72.8 Å². The van der Waals surface area contributed by atoms with Gasteiger partial charge in [-0.05, 0) is 17.7 Å². The Morgan fingerprint density at radius 1 is 1.00 bits per heavy atom. The van der Waals surface area contributed by atoms with E-state index in [2.05, 4.69) is 4.90 Å². The lowest BCUT2D eigenvalue weighted by Crippen LogP contribution is -2.49. The van der Waals surface area contributed by atoms with Gasteiger partial charge < -0.3 is 14.7 Å². The Morgan fingerprint density at radius 2 is 1.55 bits per heavy atom. The first-order valence-electron chi connectivity index (χ1n) is 9.73. The molecule has 0 saturated carbocycles. The van der Waals surface area contributed by atoms with Gasteiger partial charge in [-0.3, -0.25) is 29.9 Å². The Bertz CT molecular complexity index is 1050. The summed E-state index contributed by atoms with van der Waals surface area (Å²) >= 11 is 5.89. The Labute approximate surface area is 192 Å². The van der Waals surface area contributed by atoms with Crippen molar-refractivity contribution in [1.29, 1.82) is 0 Å². The molecule has 0 aromatic heterocycles. The molecule has 1 heterocycles. The van der Waals surface area contributed by atoms with Gasteiger partial charge in [0.2, 0.25) is 0 Å². The highest BCUT2D eigenvalue weighted by molar-refractivity contribution is 6.30. The summed E-state index contributed by atoms with van der Waals surface area (Å²) in [4.78, 5) is 48.0. The molecule has 33 heavy (non-hydrogen) atoms. The Kier molecular flexibility index (Phi) is 7.41. The van der Waals surface area contributed by atoms with Crippen LogP contribution in [0.3, 0.4) is 0 Å². The lowest BCUT2D eigenvalue weighted by atomic mass is 10.1. The molecule has 12 nitrogen and oxygen atoms in total. The molecule has 0 aliphatic carbocycles. The van der Waals surface area contributed by atoms with E-state index in [0.29, 0.717) is 49.9 Å². The molecule has 3 rings (SSSR count). The van der Waals surface area contributed by atoms with E-state index in [1.807, 2.05) is 12.1 Å². The van der Waals surface area contributed by atoms with Crippen molar-refractivity contribution in [1.82, 2.24) is 9.80 Å². The zero-order valence-corrected chi connectivity index (χ0v) is 17.9. The van der Waals surface area contributed by atoms with E-state index in [1.165, 1.54) is 4.90 Å². The SMILES string of the molecule is O=C(O)c1cc([N+](=O)[O-])c(OCC(=O)N2CCN(Cc3ccc(Cl)cc3)CC2)c([N+](=O)[O-])c1. The van der Waals surface area contributed by atoms with Crippen LogP contribution >= 0.6 is 11.6 Å². The van der Waals surface area contributed by atoms with Gasteiger partial charge in [0.15, 0.2) is 6.61 Å². The maximum Gasteiger partial charge on any atom is 0.336 e. The normalized spacial score (nSPS) is 14.0. The van der Waals surface area contributed by atoms with Gasteiger partial charge in [0.1, 0.15) is 0 Å². The predicted octanol–water partition coefficient (Wildman–Crippen LogP) is 2.58. The van der Waals surface area contributed by atoms with E-state index >= 15 is 0 Å². The molecular weight excluding hydrogens is 460 g/mol. The van der Waals surface area contributed by atoms with Gasteiger partial charge in [-0.1, -0.05) is 23.7 Å². The first kappa shape index (κ1) is 23.9. The monoisotopic (exact) mass is 478 g/mol. The number of piperazine rings is 1. The van der Waals surface area contributed by atoms with Gasteiger partial charge in [-0.25, -0.2) is 4.79 Å². The molecule has 0 atom stereocenters. The lowest BCUT2D eigenvalue weighted by Gasteiger charge is -2.34. The third-order valence-corrected chi connectivity index (χ3v) is 5.33. The summed E-state index contributed by atoms with van der Waals surface area (Å²) in [5.41, 5.74) is -1.36. The van der Waals surface area contributed by atoms with Gasteiger partial charge in [-0.15, -0.1) is 0 Å². The fourth-order valence-electron chi connectivity index (χ4n) is 3.37. The van der Waals surface area contributed by atoms with Crippen LogP contribution < -0.4 is 4.74 Å². The number of nitro benzene ring substituents is 2. The third-order valence-electron chi connectivity index (χ3n) is 5.07. The van der Waals surface area contributed by atoms with Gasteiger partial charge in [-0.2, -0.15) is 0 Å². The molecule has 1 aliphatic heterocycles. The maximum atomic E-state index is 12.5. The molecule has 13 heteroatoms. The number of benzene rings is 2. The van der Waals surface area contributed by atoms with Crippen LogP contribution in [0.4, 0.5) is 11.4 Å². The number of hydrogen-bond acceptors (Lipinski definition) is 8. The van der Waals surface area contributed by atoms with Crippen LogP contribution in [0.15, 0.2) is 36.4 Å². The zero-order valence-electron chi connectivity index (χ0n) is 17.2. The van der Waals surface area contributed by atoms with E-state index < -0.39 is 51.0 Å². The van der Waals surface area contributed by atoms with Crippen LogP contribution in [-0.2, 0) is 11.3 Å². The summed E-state index contributed by atoms with van der Waals surface area (Å²) in [6.07, 6.45) is 0. The molecule has 0 bridgehead atoms. The molecule has 0 radical (unpaired) electrons. The van der Waals surface area contributed by atoms with E-state index in [4.69, 9.17) is 21.4 Å². The average Bonchev–Trinajstić information content (AvgIpc) is 2.78. The number of carbonyl (C=O) groups is 2. The Morgan fingerprint density at radius 3 is 2.03 bits per heavy atom. The molecule has 0 spiro atoms. The molecule has 1 N–H and O–H groups in total. The number of aromatic carboxylic acids is 1. The van der Waals surface area contributed by atoms with Crippen molar-refractivity contribution in [2.45, 2.75) is 6.54 Å². The first-order chi connectivity index (χ1) is 15.7. The summed E-state index contributed by atoms with van der Waals surface area (Å²) in [6.45, 7) is 1.97. The van der Waals surface area contributed by atoms with Crippen molar-refractivity contribution in [2.24, 2.45) is 0 Å². The predicted molar refractivity (Wildman–Crippen MR) is 116 cm³/mol. The standard InChI is InChI=1S/C20H19ClN4O8/c21-15-3-1-13(2-4-15)11-22-5-7-23(8-6-22)18(26)12-33-19-16(24(29)30)9-14(20(27)28)10-17(19)25(31)32/h1-4,9-10H,5-8,11-12H2,(H,27,28). The van der Waals surface area contributed by atoms with Gasteiger partial charge >= 0.3 is 17.3 Å². The number of carboxylic acids is 1. The topological polar surface area (TPSA) is 156 Å². The van der Waals surface area contributed by atoms with Crippen LogP contribution in [0, 0.1) is 20.2 Å². The molecule has 1 amide bonds. The van der Waals surface area contributed by atoms with E-state index in [0.717, 1.165) is 5.56 Å². The fraction of sp³-hybridized carbons (Fsp3) is 0.300. The van der Waals surface area contributed by atoms with Crippen molar-refractivity contribution in [2.75, 3.05) is 32.8 Å². The first-order valence-corrected chi connectivity index (χ1v) is 10.1. The lowest BCUT2D eigenvalue weighted by molar-refractivity contribution is -0.396. The fourth-order valence-corrected chi connectivity index (χ4v) is 3.50. The smallest absolute Gasteiger partial charge is 0.336 e. The van der Waals surface area contributed by atoms with Crippen LogP contribution in [0.5, 0.6) is 5.75 Å². The van der Waals surface area contributed by atoms with Crippen LogP contribution in [-0.4, -0.2) is 69.4 Å². The highest BCUT2D eigenvalue weighted by Gasteiger charge is 2.31. The zero-order chi connectivity index (χ0) is 24.1. The molecule has 174 valence electrons. The molecule has 2 aromatic carbocycles. The number of halogens is 1. The van der Waals surface area contributed by atoms with E-state index in [1.54, 1.807) is 12.1 Å². The number of nitro groups is 2.